The van der Waals surface area contributed by atoms with Gasteiger partial charge in [0.05, 0.1) is 0 Å². The Hall–Kier alpha value is -2.10. The van der Waals surface area contributed by atoms with E-state index < -0.39 is 0 Å². The van der Waals surface area contributed by atoms with Crippen LogP contribution in [-0.4, -0.2) is 12.5 Å². The molecule has 2 heterocycles. The van der Waals surface area contributed by atoms with E-state index in [1.165, 1.54) is 16.7 Å². The number of hydrogen-bond acceptors (Lipinski definition) is 2. The molecule has 4 rings (SSSR count). The van der Waals surface area contributed by atoms with Crippen LogP contribution >= 0.6 is 22.9 Å². The SMILES string of the molecule is O=C(c1ccc(Cl)cc1)N1CCc2cc(-c3ccsc3)ccc21. The highest BCUT2D eigenvalue weighted by Gasteiger charge is 2.25. The first kappa shape index (κ1) is 14.5. The van der Waals surface area contributed by atoms with Crippen molar-refractivity contribution < 1.29 is 4.79 Å². The molecule has 4 heteroatoms. The van der Waals surface area contributed by atoms with E-state index in [9.17, 15) is 4.79 Å². The summed E-state index contributed by atoms with van der Waals surface area (Å²) in [5, 5.41) is 4.87. The van der Waals surface area contributed by atoms with Crippen molar-refractivity contribution in [3.63, 3.8) is 0 Å². The van der Waals surface area contributed by atoms with Crippen LogP contribution < -0.4 is 4.90 Å². The van der Waals surface area contributed by atoms with Crippen LogP contribution in [0.25, 0.3) is 11.1 Å². The smallest absolute Gasteiger partial charge is 0.258 e. The lowest BCUT2D eigenvalue weighted by molar-refractivity contribution is 0.0989. The Kier molecular flexibility index (Phi) is 3.68. The van der Waals surface area contributed by atoms with E-state index >= 15 is 0 Å². The zero-order valence-corrected chi connectivity index (χ0v) is 13.9. The molecule has 1 aliphatic heterocycles. The summed E-state index contributed by atoms with van der Waals surface area (Å²) in [5.41, 5.74) is 5.37. The molecule has 3 aromatic rings. The summed E-state index contributed by atoms with van der Waals surface area (Å²) >= 11 is 7.60. The van der Waals surface area contributed by atoms with Crippen molar-refractivity contribution in [1.29, 1.82) is 0 Å². The number of carbonyl (C=O) groups is 1. The molecule has 0 atom stereocenters. The van der Waals surface area contributed by atoms with Gasteiger partial charge in [0.2, 0.25) is 0 Å². The summed E-state index contributed by atoms with van der Waals surface area (Å²) in [4.78, 5) is 14.6. The van der Waals surface area contributed by atoms with Gasteiger partial charge in [0.25, 0.3) is 5.91 Å². The third-order valence-electron chi connectivity index (χ3n) is 4.17. The molecule has 0 radical (unpaired) electrons. The molecule has 0 aliphatic carbocycles. The van der Waals surface area contributed by atoms with Crippen LogP contribution in [0.1, 0.15) is 15.9 Å². The maximum Gasteiger partial charge on any atom is 0.258 e. The molecule has 1 amide bonds. The van der Waals surface area contributed by atoms with Gasteiger partial charge in [0, 0.05) is 22.8 Å². The Morgan fingerprint density at radius 1 is 1.04 bits per heavy atom. The van der Waals surface area contributed by atoms with Gasteiger partial charge in [0.1, 0.15) is 0 Å². The van der Waals surface area contributed by atoms with Crippen LogP contribution in [-0.2, 0) is 6.42 Å². The zero-order valence-electron chi connectivity index (χ0n) is 12.3. The van der Waals surface area contributed by atoms with E-state index in [1.807, 2.05) is 4.90 Å². The largest absolute Gasteiger partial charge is 0.308 e. The maximum atomic E-state index is 12.7. The molecule has 1 aliphatic rings. The molecule has 0 spiro atoms. The van der Waals surface area contributed by atoms with Crippen LogP contribution in [0.2, 0.25) is 5.02 Å². The standard InChI is InChI=1S/C19H14ClNOS/c20-17-4-1-13(2-5-17)19(22)21-9-7-15-11-14(3-6-18(15)21)16-8-10-23-12-16/h1-6,8,10-12H,7,9H2. The highest BCUT2D eigenvalue weighted by Crippen LogP contribution is 2.33. The van der Waals surface area contributed by atoms with E-state index in [0.29, 0.717) is 10.6 Å². The second-order valence-electron chi connectivity index (χ2n) is 5.57. The minimum absolute atomic E-state index is 0.0312. The molecule has 114 valence electrons. The quantitative estimate of drug-likeness (QED) is 0.622. The summed E-state index contributed by atoms with van der Waals surface area (Å²) < 4.78 is 0. The topological polar surface area (TPSA) is 20.3 Å². The van der Waals surface area contributed by atoms with Gasteiger partial charge >= 0.3 is 0 Å². The molecule has 0 fully saturated rings. The van der Waals surface area contributed by atoms with Crippen LogP contribution in [0.3, 0.4) is 0 Å². The van der Waals surface area contributed by atoms with E-state index in [-0.39, 0.29) is 5.91 Å². The number of anilines is 1. The summed E-state index contributed by atoms with van der Waals surface area (Å²) in [5.74, 6) is 0.0312. The Bertz CT molecular complexity index is 856. The number of halogens is 1. The number of benzene rings is 2. The minimum Gasteiger partial charge on any atom is -0.308 e. The van der Waals surface area contributed by atoms with Crippen molar-refractivity contribution in [3.8, 4) is 11.1 Å². The molecule has 0 saturated carbocycles. The molecule has 1 aromatic heterocycles. The van der Waals surface area contributed by atoms with Gasteiger partial charge in [-0.3, -0.25) is 4.79 Å². The summed E-state index contributed by atoms with van der Waals surface area (Å²) in [6.45, 7) is 0.726. The fraction of sp³-hybridized carbons (Fsp3) is 0.105. The van der Waals surface area contributed by atoms with Crippen molar-refractivity contribution in [2.75, 3.05) is 11.4 Å². The third-order valence-corrected chi connectivity index (χ3v) is 5.10. The predicted molar refractivity (Wildman–Crippen MR) is 96.6 cm³/mol. The van der Waals surface area contributed by atoms with Crippen molar-refractivity contribution in [2.24, 2.45) is 0 Å². The minimum atomic E-state index is 0.0312. The predicted octanol–water partition coefficient (Wildman–Crippen LogP) is 5.27. The lowest BCUT2D eigenvalue weighted by atomic mass is 10.0. The molecule has 2 nitrogen and oxygen atoms in total. The van der Waals surface area contributed by atoms with E-state index in [4.69, 9.17) is 11.6 Å². The van der Waals surface area contributed by atoms with Crippen LogP contribution in [0.5, 0.6) is 0 Å². The Morgan fingerprint density at radius 2 is 1.87 bits per heavy atom. The fourth-order valence-corrected chi connectivity index (χ4v) is 3.76. The second kappa shape index (κ2) is 5.84. The van der Waals surface area contributed by atoms with Crippen molar-refractivity contribution in [2.45, 2.75) is 6.42 Å². The highest BCUT2D eigenvalue weighted by atomic mass is 35.5. The van der Waals surface area contributed by atoms with E-state index in [2.05, 4.69) is 35.0 Å². The molecule has 0 saturated heterocycles. The highest BCUT2D eigenvalue weighted by molar-refractivity contribution is 7.08. The third kappa shape index (κ3) is 2.67. The summed E-state index contributed by atoms with van der Waals surface area (Å²) in [7, 11) is 0. The average molecular weight is 340 g/mol. The van der Waals surface area contributed by atoms with Crippen molar-refractivity contribution in [1.82, 2.24) is 0 Å². The van der Waals surface area contributed by atoms with E-state index in [1.54, 1.807) is 35.6 Å². The number of amides is 1. The number of hydrogen-bond donors (Lipinski definition) is 0. The van der Waals surface area contributed by atoms with Gasteiger partial charge in [-0.2, -0.15) is 11.3 Å². The number of fused-ring (bicyclic) bond motifs is 1. The van der Waals surface area contributed by atoms with Crippen LogP contribution in [0.4, 0.5) is 5.69 Å². The molecule has 23 heavy (non-hydrogen) atoms. The number of nitrogens with zero attached hydrogens (tertiary/aromatic N) is 1. The molecule has 0 unspecified atom stereocenters. The lowest BCUT2D eigenvalue weighted by Crippen LogP contribution is -2.28. The van der Waals surface area contributed by atoms with Crippen molar-refractivity contribution in [3.05, 3.63) is 75.4 Å². The van der Waals surface area contributed by atoms with Gasteiger partial charge in [-0.05, 0) is 76.3 Å². The molecular formula is C19H14ClNOS. The fourth-order valence-electron chi connectivity index (χ4n) is 2.97. The monoisotopic (exact) mass is 339 g/mol. The molecular weight excluding hydrogens is 326 g/mol. The summed E-state index contributed by atoms with van der Waals surface area (Å²) in [6.07, 6.45) is 0.895. The van der Waals surface area contributed by atoms with Gasteiger partial charge in [-0.15, -0.1) is 0 Å². The van der Waals surface area contributed by atoms with Crippen molar-refractivity contribution >= 4 is 34.5 Å². The first-order chi connectivity index (χ1) is 11.2. The molecule has 0 bridgehead atoms. The van der Waals surface area contributed by atoms with Gasteiger partial charge in [-0.1, -0.05) is 17.7 Å². The number of carbonyl (C=O) groups excluding carboxylic acids is 1. The van der Waals surface area contributed by atoms with Gasteiger partial charge in [-0.25, -0.2) is 0 Å². The Morgan fingerprint density at radius 3 is 2.61 bits per heavy atom. The lowest BCUT2D eigenvalue weighted by Gasteiger charge is -2.17. The normalized spacial score (nSPS) is 13.2. The van der Waals surface area contributed by atoms with Crippen LogP contribution in [0, 0.1) is 0 Å². The zero-order chi connectivity index (χ0) is 15.8. The summed E-state index contributed by atoms with van der Waals surface area (Å²) in [6, 6.07) is 15.5. The Labute approximate surface area is 143 Å². The van der Waals surface area contributed by atoms with Gasteiger partial charge < -0.3 is 4.90 Å². The van der Waals surface area contributed by atoms with Gasteiger partial charge in [0.15, 0.2) is 0 Å². The molecule has 2 aromatic carbocycles. The first-order valence-corrected chi connectivity index (χ1v) is 8.77. The Balaban J connectivity index is 1.65. The second-order valence-corrected chi connectivity index (χ2v) is 6.79. The number of thiophene rings is 1. The van der Waals surface area contributed by atoms with Crippen LogP contribution in [0.15, 0.2) is 59.3 Å². The maximum absolute atomic E-state index is 12.7. The average Bonchev–Trinajstić information content (AvgIpc) is 3.24. The first-order valence-electron chi connectivity index (χ1n) is 7.45. The number of rotatable bonds is 2. The molecule has 0 N–H and O–H groups in total. The van der Waals surface area contributed by atoms with E-state index in [0.717, 1.165) is 18.7 Å².